The molecule has 0 aromatic carbocycles. The van der Waals surface area contributed by atoms with Crippen molar-refractivity contribution in [3.63, 3.8) is 0 Å². The molecule has 0 aromatic rings. The van der Waals surface area contributed by atoms with Crippen LogP contribution in [0.4, 0.5) is 0 Å². The fraction of sp³-hybridized carbons (Fsp3) is 0.818. The third-order valence-electron chi connectivity index (χ3n) is 2.76. The SMILES string of the molecule is CCOC(=O)CCC(=O)N1CCC[C@@H]1CO. The molecule has 0 unspecified atom stereocenters. The summed E-state index contributed by atoms with van der Waals surface area (Å²) in [5.41, 5.74) is 0. The maximum atomic E-state index is 11.7. The van der Waals surface area contributed by atoms with E-state index in [2.05, 4.69) is 0 Å². The van der Waals surface area contributed by atoms with Crippen LogP contribution in [0, 0.1) is 0 Å². The number of likely N-dealkylation sites (tertiary alicyclic amines) is 1. The van der Waals surface area contributed by atoms with E-state index in [-0.39, 0.29) is 37.4 Å². The topological polar surface area (TPSA) is 66.8 Å². The second kappa shape index (κ2) is 6.48. The van der Waals surface area contributed by atoms with Crippen molar-refractivity contribution in [3.05, 3.63) is 0 Å². The van der Waals surface area contributed by atoms with Crippen LogP contribution in [0.3, 0.4) is 0 Å². The number of aliphatic hydroxyl groups is 1. The molecule has 16 heavy (non-hydrogen) atoms. The Balaban J connectivity index is 2.31. The molecule has 92 valence electrons. The average Bonchev–Trinajstić information content (AvgIpc) is 2.74. The number of nitrogens with zero attached hydrogens (tertiary/aromatic N) is 1. The highest BCUT2D eigenvalue weighted by atomic mass is 16.5. The number of aliphatic hydroxyl groups excluding tert-OH is 1. The number of rotatable bonds is 5. The normalized spacial score (nSPS) is 19.9. The van der Waals surface area contributed by atoms with Gasteiger partial charge in [0.1, 0.15) is 0 Å². The molecular formula is C11H19NO4. The Morgan fingerprint density at radius 1 is 1.44 bits per heavy atom. The molecule has 5 nitrogen and oxygen atoms in total. The van der Waals surface area contributed by atoms with E-state index < -0.39 is 0 Å². The van der Waals surface area contributed by atoms with Gasteiger partial charge in [-0.1, -0.05) is 0 Å². The minimum absolute atomic E-state index is 0.00511. The molecule has 1 saturated heterocycles. The second-order valence-electron chi connectivity index (χ2n) is 3.87. The van der Waals surface area contributed by atoms with E-state index in [4.69, 9.17) is 9.84 Å². The molecule has 1 heterocycles. The Hall–Kier alpha value is -1.10. The lowest BCUT2D eigenvalue weighted by Crippen LogP contribution is -2.37. The van der Waals surface area contributed by atoms with Gasteiger partial charge in [-0.2, -0.15) is 0 Å². The fourth-order valence-corrected chi connectivity index (χ4v) is 1.94. The van der Waals surface area contributed by atoms with Gasteiger partial charge in [-0.3, -0.25) is 9.59 Å². The van der Waals surface area contributed by atoms with Gasteiger partial charge in [0.05, 0.1) is 25.7 Å². The summed E-state index contributed by atoms with van der Waals surface area (Å²) in [7, 11) is 0. The van der Waals surface area contributed by atoms with Gasteiger partial charge in [0, 0.05) is 13.0 Å². The largest absolute Gasteiger partial charge is 0.466 e. The lowest BCUT2D eigenvalue weighted by molar-refractivity contribution is -0.146. The minimum atomic E-state index is -0.337. The van der Waals surface area contributed by atoms with Gasteiger partial charge in [0.15, 0.2) is 0 Å². The Morgan fingerprint density at radius 2 is 2.19 bits per heavy atom. The zero-order valence-electron chi connectivity index (χ0n) is 9.65. The van der Waals surface area contributed by atoms with Crippen LogP contribution < -0.4 is 0 Å². The van der Waals surface area contributed by atoms with Crippen LogP contribution in [-0.2, 0) is 14.3 Å². The van der Waals surface area contributed by atoms with Crippen LogP contribution in [0.1, 0.15) is 32.6 Å². The zero-order valence-corrected chi connectivity index (χ0v) is 9.65. The molecule has 1 fully saturated rings. The molecule has 1 aliphatic rings. The third kappa shape index (κ3) is 3.48. The first kappa shape index (κ1) is 13.0. The smallest absolute Gasteiger partial charge is 0.306 e. The molecular weight excluding hydrogens is 210 g/mol. The maximum Gasteiger partial charge on any atom is 0.306 e. The Morgan fingerprint density at radius 3 is 2.81 bits per heavy atom. The predicted molar refractivity (Wildman–Crippen MR) is 57.7 cm³/mol. The van der Waals surface area contributed by atoms with Crippen LogP contribution in [0.25, 0.3) is 0 Å². The number of esters is 1. The van der Waals surface area contributed by atoms with Crippen LogP contribution in [-0.4, -0.2) is 47.7 Å². The first-order valence-electron chi connectivity index (χ1n) is 5.75. The number of carbonyl (C=O) groups excluding carboxylic acids is 2. The zero-order chi connectivity index (χ0) is 12.0. The summed E-state index contributed by atoms with van der Waals surface area (Å²) in [6.07, 6.45) is 2.08. The van der Waals surface area contributed by atoms with E-state index in [9.17, 15) is 9.59 Å². The van der Waals surface area contributed by atoms with Crippen molar-refractivity contribution in [2.24, 2.45) is 0 Å². The minimum Gasteiger partial charge on any atom is -0.466 e. The summed E-state index contributed by atoms with van der Waals surface area (Å²) in [6.45, 7) is 2.77. The van der Waals surface area contributed by atoms with E-state index in [0.29, 0.717) is 13.2 Å². The average molecular weight is 229 g/mol. The number of carbonyl (C=O) groups is 2. The van der Waals surface area contributed by atoms with E-state index in [1.807, 2.05) is 0 Å². The van der Waals surface area contributed by atoms with Gasteiger partial charge >= 0.3 is 5.97 Å². The van der Waals surface area contributed by atoms with Crippen molar-refractivity contribution < 1.29 is 19.4 Å². The monoisotopic (exact) mass is 229 g/mol. The summed E-state index contributed by atoms with van der Waals surface area (Å²) in [6, 6.07) is -0.0605. The summed E-state index contributed by atoms with van der Waals surface area (Å²) in [5.74, 6) is -0.403. The highest BCUT2D eigenvalue weighted by molar-refractivity contribution is 5.81. The van der Waals surface area contributed by atoms with Crippen LogP contribution >= 0.6 is 0 Å². The van der Waals surface area contributed by atoms with Crippen LogP contribution in [0.15, 0.2) is 0 Å². The molecule has 5 heteroatoms. The van der Waals surface area contributed by atoms with E-state index in [0.717, 1.165) is 12.8 Å². The summed E-state index contributed by atoms with van der Waals surface area (Å²) < 4.78 is 4.75. The molecule has 0 bridgehead atoms. The number of hydrogen-bond acceptors (Lipinski definition) is 4. The molecule has 1 rings (SSSR count). The van der Waals surface area contributed by atoms with Gasteiger partial charge in [0.2, 0.25) is 5.91 Å². The summed E-state index contributed by atoms with van der Waals surface area (Å²) in [5, 5.41) is 9.06. The van der Waals surface area contributed by atoms with E-state index >= 15 is 0 Å². The first-order valence-corrected chi connectivity index (χ1v) is 5.75. The van der Waals surface area contributed by atoms with E-state index in [1.54, 1.807) is 11.8 Å². The third-order valence-corrected chi connectivity index (χ3v) is 2.76. The molecule has 0 aromatic heterocycles. The lowest BCUT2D eigenvalue weighted by Gasteiger charge is -2.22. The highest BCUT2D eigenvalue weighted by Crippen LogP contribution is 2.18. The first-order chi connectivity index (χ1) is 7.69. The second-order valence-corrected chi connectivity index (χ2v) is 3.87. The van der Waals surface area contributed by atoms with Gasteiger partial charge in [-0.15, -0.1) is 0 Å². The highest BCUT2D eigenvalue weighted by Gasteiger charge is 2.27. The summed E-state index contributed by atoms with van der Waals surface area (Å²) >= 11 is 0. The Kier molecular flexibility index (Phi) is 5.25. The Labute approximate surface area is 95.4 Å². The predicted octanol–water partition coefficient (Wildman–Crippen LogP) is 0.313. The van der Waals surface area contributed by atoms with Crippen molar-refractivity contribution in [2.45, 2.75) is 38.6 Å². The molecule has 1 N–H and O–H groups in total. The number of ether oxygens (including phenoxy) is 1. The molecule has 1 atom stereocenters. The molecule has 0 spiro atoms. The van der Waals surface area contributed by atoms with E-state index in [1.165, 1.54) is 0 Å². The molecule has 1 amide bonds. The molecule has 0 radical (unpaired) electrons. The van der Waals surface area contributed by atoms with Gasteiger partial charge in [-0.25, -0.2) is 0 Å². The lowest BCUT2D eigenvalue weighted by atomic mass is 10.2. The van der Waals surface area contributed by atoms with Crippen molar-refractivity contribution in [2.75, 3.05) is 19.8 Å². The number of amides is 1. The Bertz CT molecular complexity index is 254. The van der Waals surface area contributed by atoms with Crippen LogP contribution in [0.2, 0.25) is 0 Å². The molecule has 0 aliphatic carbocycles. The maximum absolute atomic E-state index is 11.7. The van der Waals surface area contributed by atoms with Crippen molar-refractivity contribution in [1.29, 1.82) is 0 Å². The van der Waals surface area contributed by atoms with Gasteiger partial charge in [0.25, 0.3) is 0 Å². The van der Waals surface area contributed by atoms with Crippen molar-refractivity contribution in [1.82, 2.24) is 4.90 Å². The summed E-state index contributed by atoms with van der Waals surface area (Å²) in [4.78, 5) is 24.5. The standard InChI is InChI=1S/C11H19NO4/c1-2-16-11(15)6-5-10(14)12-7-3-4-9(12)8-13/h9,13H,2-8H2,1H3/t9-/m1/s1. The van der Waals surface area contributed by atoms with Gasteiger partial charge in [-0.05, 0) is 19.8 Å². The molecule has 1 aliphatic heterocycles. The van der Waals surface area contributed by atoms with Crippen molar-refractivity contribution >= 4 is 11.9 Å². The number of hydrogen-bond donors (Lipinski definition) is 1. The quantitative estimate of drug-likeness (QED) is 0.689. The molecule has 0 saturated carbocycles. The van der Waals surface area contributed by atoms with Crippen LogP contribution in [0.5, 0.6) is 0 Å². The fourth-order valence-electron chi connectivity index (χ4n) is 1.94. The van der Waals surface area contributed by atoms with Crippen molar-refractivity contribution in [3.8, 4) is 0 Å². The van der Waals surface area contributed by atoms with Gasteiger partial charge < -0.3 is 14.7 Å².